The van der Waals surface area contributed by atoms with Crippen molar-refractivity contribution in [3.8, 4) is 5.75 Å². The molecule has 0 saturated carbocycles. The molecule has 1 fully saturated rings. The van der Waals surface area contributed by atoms with Crippen molar-refractivity contribution in [3.05, 3.63) is 89.5 Å². The zero-order valence-electron chi connectivity index (χ0n) is 23.4. The van der Waals surface area contributed by atoms with Gasteiger partial charge in [-0.3, -0.25) is 19.7 Å². The van der Waals surface area contributed by atoms with Crippen LogP contribution < -0.4 is 4.74 Å². The summed E-state index contributed by atoms with van der Waals surface area (Å²) in [6, 6.07) is 14.5. The number of carboxylic acid groups (broad SMARTS) is 1. The molecule has 1 aromatic heterocycles. The van der Waals surface area contributed by atoms with Crippen molar-refractivity contribution >= 4 is 12.1 Å². The summed E-state index contributed by atoms with van der Waals surface area (Å²) in [5.41, 5.74) is 1.27. The van der Waals surface area contributed by atoms with Gasteiger partial charge < -0.3 is 14.6 Å². The molecule has 0 unspecified atom stereocenters. The zero-order valence-corrected chi connectivity index (χ0v) is 23.4. The van der Waals surface area contributed by atoms with Crippen LogP contribution in [-0.2, 0) is 10.2 Å². The van der Waals surface area contributed by atoms with E-state index in [1.165, 1.54) is 0 Å². The van der Waals surface area contributed by atoms with E-state index in [9.17, 15) is 14.7 Å². The first-order valence-electron chi connectivity index (χ1n) is 13.2. The van der Waals surface area contributed by atoms with Crippen LogP contribution in [0.3, 0.4) is 0 Å². The molecule has 2 heterocycles. The van der Waals surface area contributed by atoms with Crippen molar-refractivity contribution in [2.45, 2.75) is 70.6 Å². The topological polar surface area (TPSA) is 102 Å². The molecular formula is C31H37N3O5. The Morgan fingerprint density at radius 1 is 1.13 bits per heavy atom. The molecule has 1 amide bonds. The van der Waals surface area contributed by atoms with Crippen LogP contribution in [0.25, 0.3) is 0 Å². The third-order valence-corrected chi connectivity index (χ3v) is 7.22. The predicted octanol–water partition coefficient (Wildman–Crippen LogP) is 6.59. The Hall–Kier alpha value is -3.94. The van der Waals surface area contributed by atoms with E-state index in [-0.39, 0.29) is 29.6 Å². The molecule has 1 aliphatic rings. The number of amides is 1. The number of nitrogens with zero attached hydrogens (tertiary/aromatic N) is 3. The zero-order chi connectivity index (χ0) is 28.4. The second-order valence-electron chi connectivity index (χ2n) is 11.5. The predicted molar refractivity (Wildman–Crippen MR) is 148 cm³/mol. The van der Waals surface area contributed by atoms with Crippen LogP contribution in [0.1, 0.15) is 86.6 Å². The van der Waals surface area contributed by atoms with E-state index in [4.69, 9.17) is 9.47 Å². The van der Waals surface area contributed by atoms with Crippen LogP contribution >= 0.6 is 0 Å². The lowest BCUT2D eigenvalue weighted by Gasteiger charge is -2.41. The van der Waals surface area contributed by atoms with Crippen LogP contribution in [0, 0.1) is 5.92 Å². The summed E-state index contributed by atoms with van der Waals surface area (Å²) in [5.74, 6) is -0.0489. The molecule has 8 nitrogen and oxygen atoms in total. The maximum Gasteiger partial charge on any atom is 0.507 e. The molecule has 0 radical (unpaired) electrons. The highest BCUT2D eigenvalue weighted by Crippen LogP contribution is 2.54. The third kappa shape index (κ3) is 5.75. The maximum absolute atomic E-state index is 14.6. The number of aromatic nitrogens is 2. The van der Waals surface area contributed by atoms with Crippen LogP contribution in [0.15, 0.2) is 67.1 Å². The van der Waals surface area contributed by atoms with Gasteiger partial charge in [0.1, 0.15) is 5.75 Å². The highest BCUT2D eigenvalue weighted by molar-refractivity contribution is 5.96. The van der Waals surface area contributed by atoms with Crippen LogP contribution in [0.4, 0.5) is 4.79 Å². The smallest absolute Gasteiger partial charge is 0.496 e. The van der Waals surface area contributed by atoms with Crippen molar-refractivity contribution in [2.24, 2.45) is 5.92 Å². The van der Waals surface area contributed by atoms with Gasteiger partial charge in [-0.05, 0) is 34.6 Å². The lowest BCUT2D eigenvalue weighted by Crippen LogP contribution is -2.52. The molecule has 0 spiro atoms. The number of hydrogen-bond donors (Lipinski definition) is 1. The summed E-state index contributed by atoms with van der Waals surface area (Å²) in [6.45, 7) is 10.2. The van der Waals surface area contributed by atoms with E-state index in [0.717, 1.165) is 11.1 Å². The van der Waals surface area contributed by atoms with E-state index < -0.39 is 17.9 Å². The molecule has 0 bridgehead atoms. The fourth-order valence-corrected chi connectivity index (χ4v) is 5.80. The largest absolute Gasteiger partial charge is 0.507 e. The quantitative estimate of drug-likeness (QED) is 0.343. The minimum Gasteiger partial charge on any atom is -0.496 e. The van der Waals surface area contributed by atoms with E-state index in [2.05, 4.69) is 30.7 Å². The van der Waals surface area contributed by atoms with Crippen molar-refractivity contribution in [1.82, 2.24) is 14.9 Å². The number of carbonyl (C=O) groups is 2. The molecule has 3 aromatic rings. The van der Waals surface area contributed by atoms with E-state index in [0.29, 0.717) is 23.4 Å². The average Bonchev–Trinajstić information content (AvgIpc) is 3.21. The van der Waals surface area contributed by atoms with E-state index >= 15 is 0 Å². The number of methoxy groups -OCH3 is 1. The SMILES string of the molecule is COc1cc(C(=O)N2[C@@H](c3ccccc3)[C@@H](c3cnccn3)C[C@]2(CC(C)C)OC(=O)O)ccc1C(C)(C)C. The lowest BCUT2D eigenvalue weighted by molar-refractivity contribution is -0.108. The Morgan fingerprint density at radius 2 is 1.85 bits per heavy atom. The minimum atomic E-state index is -1.43. The Bertz CT molecular complexity index is 1310. The van der Waals surface area contributed by atoms with Gasteiger partial charge in [0, 0.05) is 42.9 Å². The molecule has 4 rings (SSSR count). The van der Waals surface area contributed by atoms with Gasteiger partial charge in [-0.2, -0.15) is 0 Å². The first-order valence-corrected chi connectivity index (χ1v) is 13.2. The fraction of sp³-hybridized carbons (Fsp3) is 0.419. The summed E-state index contributed by atoms with van der Waals surface area (Å²) < 4.78 is 11.4. The molecule has 206 valence electrons. The summed E-state index contributed by atoms with van der Waals surface area (Å²) in [7, 11) is 1.59. The Balaban J connectivity index is 1.95. The Morgan fingerprint density at radius 3 is 2.41 bits per heavy atom. The number of benzene rings is 2. The summed E-state index contributed by atoms with van der Waals surface area (Å²) in [6.07, 6.45) is 4.02. The van der Waals surface area contributed by atoms with E-state index in [1.54, 1.807) is 42.7 Å². The van der Waals surface area contributed by atoms with Gasteiger partial charge in [-0.25, -0.2) is 4.79 Å². The fourth-order valence-electron chi connectivity index (χ4n) is 5.80. The second kappa shape index (κ2) is 11.0. The number of carbonyl (C=O) groups excluding carboxylic acids is 1. The number of likely N-dealkylation sites (tertiary alicyclic amines) is 1. The third-order valence-electron chi connectivity index (χ3n) is 7.22. The van der Waals surface area contributed by atoms with Crippen LogP contribution in [0.2, 0.25) is 0 Å². The highest BCUT2D eigenvalue weighted by atomic mass is 16.7. The van der Waals surface area contributed by atoms with Gasteiger partial charge in [-0.15, -0.1) is 0 Å². The van der Waals surface area contributed by atoms with Gasteiger partial charge >= 0.3 is 6.16 Å². The van der Waals surface area contributed by atoms with Crippen molar-refractivity contribution in [3.63, 3.8) is 0 Å². The highest BCUT2D eigenvalue weighted by Gasteiger charge is 2.58. The Kier molecular flexibility index (Phi) is 7.95. The summed E-state index contributed by atoms with van der Waals surface area (Å²) >= 11 is 0. The molecule has 8 heteroatoms. The van der Waals surface area contributed by atoms with Crippen molar-refractivity contribution in [1.29, 1.82) is 0 Å². The summed E-state index contributed by atoms with van der Waals surface area (Å²) in [5, 5.41) is 9.94. The van der Waals surface area contributed by atoms with E-state index in [1.807, 2.05) is 50.2 Å². The molecule has 0 aliphatic carbocycles. The lowest BCUT2D eigenvalue weighted by atomic mass is 9.85. The number of hydrogen-bond acceptors (Lipinski definition) is 6. The van der Waals surface area contributed by atoms with Gasteiger partial charge in [0.05, 0.1) is 18.8 Å². The molecule has 39 heavy (non-hydrogen) atoms. The normalized spacial score (nSPS) is 21.2. The Labute approximate surface area is 230 Å². The summed E-state index contributed by atoms with van der Waals surface area (Å²) in [4.78, 5) is 37.2. The first kappa shape index (κ1) is 28.1. The first-order chi connectivity index (χ1) is 18.5. The standard InChI is InChI=1S/C31H37N3O5/c1-20(2)17-31(39-29(36)37)18-23(25-19-32-14-15-33-25)27(21-10-8-7-9-11-21)34(31)28(35)22-12-13-24(30(3,4)5)26(16-22)38-6/h7-16,19-20,23,27H,17-18H2,1-6H3,(H,36,37)/t23-,27+,31+/m1/s1. The van der Waals surface area contributed by atoms with Gasteiger partial charge in [0.25, 0.3) is 5.91 Å². The molecule has 1 saturated heterocycles. The number of rotatable bonds is 7. The molecular weight excluding hydrogens is 494 g/mol. The average molecular weight is 532 g/mol. The van der Waals surface area contributed by atoms with Gasteiger partial charge in [0.2, 0.25) is 0 Å². The maximum atomic E-state index is 14.6. The van der Waals surface area contributed by atoms with Crippen LogP contribution in [-0.4, -0.2) is 44.9 Å². The monoisotopic (exact) mass is 531 g/mol. The number of ether oxygens (including phenoxy) is 2. The second-order valence-corrected chi connectivity index (χ2v) is 11.5. The van der Waals surface area contributed by atoms with Gasteiger partial charge in [-0.1, -0.05) is 71.0 Å². The molecule has 2 aromatic carbocycles. The van der Waals surface area contributed by atoms with Gasteiger partial charge in [0.15, 0.2) is 5.72 Å². The molecule has 1 N–H and O–H groups in total. The molecule has 3 atom stereocenters. The minimum absolute atomic E-state index is 0.0366. The van der Waals surface area contributed by atoms with Crippen molar-refractivity contribution < 1.29 is 24.2 Å². The van der Waals surface area contributed by atoms with Crippen LogP contribution in [0.5, 0.6) is 5.75 Å². The molecule has 1 aliphatic heterocycles. The van der Waals surface area contributed by atoms with Crippen molar-refractivity contribution in [2.75, 3.05) is 7.11 Å².